The van der Waals surface area contributed by atoms with E-state index in [1.54, 1.807) is 23.9 Å². The van der Waals surface area contributed by atoms with Crippen molar-refractivity contribution in [3.05, 3.63) is 101 Å². The smallest absolute Gasteiger partial charge is 0.317 e. The number of likely N-dealkylation sites (tertiary alicyclic amines) is 1. The molecule has 1 aliphatic rings. The number of urea groups is 1. The molecule has 1 fully saturated rings. The van der Waals surface area contributed by atoms with Crippen molar-refractivity contribution in [1.82, 2.24) is 14.7 Å². The van der Waals surface area contributed by atoms with Gasteiger partial charge in [-0.3, -0.25) is 5.32 Å². The molecule has 2 heterocycles. The fourth-order valence-electron chi connectivity index (χ4n) is 4.42. The van der Waals surface area contributed by atoms with Crippen LogP contribution in [-0.2, 0) is 4.74 Å². The lowest BCUT2D eigenvalue weighted by Crippen LogP contribution is -2.24. The number of nitrogens with one attached hydrogen (secondary N) is 1. The van der Waals surface area contributed by atoms with Crippen molar-refractivity contribution < 1.29 is 13.9 Å². The van der Waals surface area contributed by atoms with Crippen molar-refractivity contribution in [2.45, 2.75) is 12.3 Å². The first-order chi connectivity index (χ1) is 18.5. The maximum Gasteiger partial charge on any atom is 0.317 e. The Kier molecular flexibility index (Phi) is 9.64. The number of carbonyl (C=O) groups excluding carboxylic acids is 1. The zero-order chi connectivity index (χ0) is 26.9. The van der Waals surface area contributed by atoms with Gasteiger partial charge in [-0.2, -0.15) is 5.10 Å². The number of benzene rings is 3. The van der Waals surface area contributed by atoms with Gasteiger partial charge < -0.3 is 15.4 Å². The summed E-state index contributed by atoms with van der Waals surface area (Å²) >= 11 is 3.51. The lowest BCUT2D eigenvalue weighted by Gasteiger charge is -2.15. The summed E-state index contributed by atoms with van der Waals surface area (Å²) < 4.78 is 20.2. The number of ether oxygens (including phenoxy) is 1. The molecule has 1 atom stereocenters. The molecule has 198 valence electrons. The number of anilines is 1. The van der Waals surface area contributed by atoms with Crippen LogP contribution >= 0.6 is 15.9 Å². The van der Waals surface area contributed by atoms with Crippen molar-refractivity contribution >= 4 is 27.8 Å². The quantitative estimate of drug-likeness (QED) is 0.279. The minimum Gasteiger partial charge on any atom is -0.383 e. The second-order valence-corrected chi connectivity index (χ2v) is 9.74. The number of amides is 2. The van der Waals surface area contributed by atoms with Crippen LogP contribution in [-0.4, -0.2) is 54.1 Å². The topological polar surface area (TPSA) is 85.4 Å². The maximum atomic E-state index is 12.8. The standard InChI is InChI=1S/C16H13BrN4O.C13H18FNO/c17-13-14(11-7-3-1-4-8-11)20-21(15(13)19-16(18)22)12-9-5-2-6-10-12;1-16-9-8-15-7-6-12(10-15)11-2-4-13(14)5-3-11/h1-10H,(H3,18,19,22);2-5,12H,6-10H2,1H3. The average Bonchev–Trinajstić information content (AvgIpc) is 3.54. The molecule has 3 N–H and O–H groups in total. The maximum absolute atomic E-state index is 12.8. The number of primary amides is 1. The van der Waals surface area contributed by atoms with E-state index in [-0.39, 0.29) is 5.82 Å². The van der Waals surface area contributed by atoms with E-state index in [0.717, 1.165) is 49.6 Å². The highest BCUT2D eigenvalue weighted by Crippen LogP contribution is 2.35. The van der Waals surface area contributed by atoms with Crippen LogP contribution in [0.25, 0.3) is 16.9 Å². The van der Waals surface area contributed by atoms with Crippen LogP contribution in [0.4, 0.5) is 15.0 Å². The second kappa shape index (κ2) is 13.3. The number of halogens is 2. The highest BCUT2D eigenvalue weighted by atomic mass is 79.9. The van der Waals surface area contributed by atoms with Gasteiger partial charge in [0.05, 0.1) is 16.8 Å². The molecule has 38 heavy (non-hydrogen) atoms. The molecule has 1 saturated heterocycles. The summed E-state index contributed by atoms with van der Waals surface area (Å²) in [5.41, 5.74) is 9.03. The normalized spacial score (nSPS) is 15.1. The minimum absolute atomic E-state index is 0.155. The summed E-state index contributed by atoms with van der Waals surface area (Å²) in [4.78, 5) is 13.7. The molecule has 0 aliphatic carbocycles. The number of nitrogens with zero attached hydrogens (tertiary/aromatic N) is 3. The third-order valence-corrected chi connectivity index (χ3v) is 7.09. The number of aromatic nitrogens is 2. The molecule has 3 aromatic carbocycles. The predicted octanol–water partition coefficient (Wildman–Crippen LogP) is 6.05. The molecule has 1 unspecified atom stereocenters. The van der Waals surface area contributed by atoms with Crippen LogP contribution in [0.3, 0.4) is 0 Å². The SMILES string of the molecule is COCCN1CCC(c2ccc(F)cc2)C1.NC(=O)Nc1c(Br)c(-c2ccccc2)nn1-c1ccccc1. The fraction of sp³-hybridized carbons (Fsp3) is 0.241. The molecule has 1 aromatic heterocycles. The molecule has 0 bridgehead atoms. The van der Waals surface area contributed by atoms with Gasteiger partial charge in [0.25, 0.3) is 0 Å². The molecule has 7 nitrogen and oxygen atoms in total. The Morgan fingerprint density at radius 1 is 1.08 bits per heavy atom. The van der Waals surface area contributed by atoms with E-state index >= 15 is 0 Å². The average molecular weight is 581 g/mol. The first kappa shape index (κ1) is 27.5. The van der Waals surface area contributed by atoms with Crippen molar-refractivity contribution in [1.29, 1.82) is 0 Å². The summed E-state index contributed by atoms with van der Waals surface area (Å²) in [5, 5.41) is 7.23. The number of methoxy groups -OCH3 is 1. The number of hydrogen-bond donors (Lipinski definition) is 2. The summed E-state index contributed by atoms with van der Waals surface area (Å²) in [6, 6.07) is 25.5. The Morgan fingerprint density at radius 2 is 1.74 bits per heavy atom. The van der Waals surface area contributed by atoms with E-state index in [2.05, 4.69) is 31.2 Å². The van der Waals surface area contributed by atoms with Crippen molar-refractivity contribution in [3.63, 3.8) is 0 Å². The van der Waals surface area contributed by atoms with E-state index in [9.17, 15) is 9.18 Å². The molecule has 2 amide bonds. The molecule has 0 spiro atoms. The van der Waals surface area contributed by atoms with Gasteiger partial charge in [0.15, 0.2) is 5.82 Å². The molecular weight excluding hydrogens is 549 g/mol. The van der Waals surface area contributed by atoms with Gasteiger partial charge in [-0.15, -0.1) is 0 Å². The highest BCUT2D eigenvalue weighted by Gasteiger charge is 2.23. The molecule has 1 aliphatic heterocycles. The Hall–Kier alpha value is -3.53. The lowest BCUT2D eigenvalue weighted by atomic mass is 9.99. The summed E-state index contributed by atoms with van der Waals surface area (Å²) in [7, 11) is 1.73. The zero-order valence-electron chi connectivity index (χ0n) is 21.2. The Labute approximate surface area is 230 Å². The molecule has 0 radical (unpaired) electrons. The predicted molar refractivity (Wildman–Crippen MR) is 152 cm³/mol. The minimum atomic E-state index is -0.641. The zero-order valence-corrected chi connectivity index (χ0v) is 22.8. The van der Waals surface area contributed by atoms with Gasteiger partial charge in [0, 0.05) is 25.8 Å². The number of hydrogen-bond acceptors (Lipinski definition) is 4. The van der Waals surface area contributed by atoms with Crippen LogP contribution in [0.15, 0.2) is 89.4 Å². The van der Waals surface area contributed by atoms with Crippen molar-refractivity contribution in [3.8, 4) is 16.9 Å². The summed E-state index contributed by atoms with van der Waals surface area (Å²) in [5.74, 6) is 0.896. The molecule has 0 saturated carbocycles. The van der Waals surface area contributed by atoms with Crippen LogP contribution in [0, 0.1) is 5.82 Å². The number of rotatable bonds is 7. The van der Waals surface area contributed by atoms with Gasteiger partial charge in [-0.1, -0.05) is 60.7 Å². The molecule has 9 heteroatoms. The van der Waals surface area contributed by atoms with E-state index in [4.69, 9.17) is 10.5 Å². The van der Waals surface area contributed by atoms with Crippen LogP contribution in [0.1, 0.15) is 17.9 Å². The third-order valence-electron chi connectivity index (χ3n) is 6.34. The fourth-order valence-corrected chi connectivity index (χ4v) is 5.00. The van der Waals surface area contributed by atoms with Crippen LogP contribution in [0.2, 0.25) is 0 Å². The van der Waals surface area contributed by atoms with Crippen molar-refractivity contribution in [2.75, 3.05) is 38.7 Å². The van der Waals surface area contributed by atoms with Gasteiger partial charge >= 0.3 is 6.03 Å². The van der Waals surface area contributed by atoms with Crippen LogP contribution < -0.4 is 11.1 Å². The van der Waals surface area contributed by atoms with Gasteiger partial charge in [0.2, 0.25) is 0 Å². The van der Waals surface area contributed by atoms with Gasteiger partial charge in [0.1, 0.15) is 11.5 Å². The Bertz CT molecular complexity index is 1320. The summed E-state index contributed by atoms with van der Waals surface area (Å²) in [6.07, 6.45) is 1.16. The number of para-hydroxylation sites is 1. The Morgan fingerprint density at radius 3 is 2.37 bits per heavy atom. The lowest BCUT2D eigenvalue weighted by molar-refractivity contribution is 0.160. The number of nitrogens with two attached hydrogens (primary N) is 1. The van der Waals surface area contributed by atoms with Crippen molar-refractivity contribution in [2.24, 2.45) is 5.73 Å². The first-order valence-electron chi connectivity index (χ1n) is 12.4. The monoisotopic (exact) mass is 579 g/mol. The van der Waals surface area contributed by atoms with Crippen LogP contribution in [0.5, 0.6) is 0 Å². The highest BCUT2D eigenvalue weighted by molar-refractivity contribution is 9.10. The van der Waals surface area contributed by atoms with E-state index in [0.29, 0.717) is 16.2 Å². The van der Waals surface area contributed by atoms with E-state index in [1.807, 2.05) is 72.8 Å². The van der Waals surface area contributed by atoms with E-state index in [1.165, 1.54) is 5.56 Å². The Balaban J connectivity index is 0.000000186. The molecular formula is C29H31BrFN5O2. The summed E-state index contributed by atoms with van der Waals surface area (Å²) in [6.45, 7) is 3.96. The van der Waals surface area contributed by atoms with Gasteiger partial charge in [-0.25, -0.2) is 13.9 Å². The molecule has 5 rings (SSSR count). The van der Waals surface area contributed by atoms with E-state index < -0.39 is 6.03 Å². The largest absolute Gasteiger partial charge is 0.383 e. The third kappa shape index (κ3) is 7.06. The second-order valence-electron chi connectivity index (χ2n) is 8.94. The molecule has 4 aromatic rings. The van der Waals surface area contributed by atoms with Gasteiger partial charge in [-0.05, 0) is 64.6 Å². The first-order valence-corrected chi connectivity index (χ1v) is 13.2. The number of carbonyl (C=O) groups is 1.